The van der Waals surface area contributed by atoms with Crippen LogP contribution in [0.15, 0.2) is 0 Å². The van der Waals surface area contributed by atoms with Crippen molar-refractivity contribution < 1.29 is 5.11 Å². The summed E-state index contributed by atoms with van der Waals surface area (Å²) < 4.78 is 0. The molecular formula is C12H20N2OS. The van der Waals surface area contributed by atoms with Gasteiger partial charge in [0.2, 0.25) is 0 Å². The normalized spacial score (nSPS) is 21.2. The molecule has 1 aromatic rings. The van der Waals surface area contributed by atoms with Crippen molar-refractivity contribution in [2.45, 2.75) is 52.2 Å². The summed E-state index contributed by atoms with van der Waals surface area (Å²) in [6, 6.07) is 0.0200. The molecule has 1 heterocycles. The van der Waals surface area contributed by atoms with Crippen LogP contribution in [-0.4, -0.2) is 10.1 Å². The van der Waals surface area contributed by atoms with Crippen LogP contribution < -0.4 is 5.73 Å². The summed E-state index contributed by atoms with van der Waals surface area (Å²) >= 11 is 1.56. The summed E-state index contributed by atoms with van der Waals surface area (Å²) in [5.41, 5.74) is 7.56. The Hall–Kier alpha value is -0.450. The molecule has 0 spiro atoms. The van der Waals surface area contributed by atoms with Gasteiger partial charge in [0.1, 0.15) is 5.01 Å². The fraction of sp³-hybridized carbons (Fsp3) is 0.750. The summed E-state index contributed by atoms with van der Waals surface area (Å²) in [6.07, 6.45) is 4.94. The van der Waals surface area contributed by atoms with Gasteiger partial charge in [-0.25, -0.2) is 4.98 Å². The molecular weight excluding hydrogens is 220 g/mol. The number of aryl methyl sites for hydroxylation is 1. The molecule has 2 rings (SSSR count). The molecule has 0 bridgehead atoms. The number of aliphatic hydroxyl groups excluding tert-OH is 1. The van der Waals surface area contributed by atoms with Crippen LogP contribution in [0.4, 0.5) is 0 Å². The third-order valence-electron chi connectivity index (χ3n) is 3.80. The standard InChI is InChI=1S/C12H20N2OS/c1-8-10(14-9(7-15)16-8)11(13)12(2)5-3-4-6-12/h11,15H,3-7,13H2,1-2H3/t11-/m0/s1. The Morgan fingerprint density at radius 1 is 1.50 bits per heavy atom. The van der Waals surface area contributed by atoms with E-state index in [1.54, 1.807) is 11.3 Å². The summed E-state index contributed by atoms with van der Waals surface area (Å²) in [5.74, 6) is 0. The molecule has 1 fully saturated rings. The summed E-state index contributed by atoms with van der Waals surface area (Å²) in [7, 11) is 0. The maximum Gasteiger partial charge on any atom is 0.119 e. The summed E-state index contributed by atoms with van der Waals surface area (Å²) in [6.45, 7) is 4.33. The molecule has 4 heteroatoms. The van der Waals surface area contributed by atoms with E-state index < -0.39 is 0 Å². The number of nitrogens with zero attached hydrogens (tertiary/aromatic N) is 1. The van der Waals surface area contributed by atoms with Gasteiger partial charge in [0.25, 0.3) is 0 Å². The lowest BCUT2D eigenvalue weighted by Gasteiger charge is -2.30. The van der Waals surface area contributed by atoms with Crippen LogP contribution in [0.5, 0.6) is 0 Å². The van der Waals surface area contributed by atoms with E-state index in [0.29, 0.717) is 0 Å². The molecule has 1 saturated carbocycles. The highest BCUT2D eigenvalue weighted by Crippen LogP contribution is 2.46. The first kappa shape index (κ1) is 12.0. The molecule has 16 heavy (non-hydrogen) atoms. The lowest BCUT2D eigenvalue weighted by atomic mass is 9.79. The Kier molecular flexibility index (Phi) is 3.33. The molecule has 1 atom stereocenters. The van der Waals surface area contributed by atoms with Gasteiger partial charge in [-0.15, -0.1) is 11.3 Å². The number of hydrogen-bond acceptors (Lipinski definition) is 4. The van der Waals surface area contributed by atoms with Gasteiger partial charge in [-0.2, -0.15) is 0 Å². The molecule has 0 aliphatic heterocycles. The third kappa shape index (κ3) is 2.01. The van der Waals surface area contributed by atoms with Crippen molar-refractivity contribution in [3.05, 3.63) is 15.6 Å². The van der Waals surface area contributed by atoms with Gasteiger partial charge in [0.05, 0.1) is 18.3 Å². The van der Waals surface area contributed by atoms with E-state index in [2.05, 4.69) is 11.9 Å². The van der Waals surface area contributed by atoms with Crippen LogP contribution in [0.3, 0.4) is 0 Å². The maximum atomic E-state index is 9.09. The molecule has 1 aromatic heterocycles. The minimum atomic E-state index is 0.0200. The minimum absolute atomic E-state index is 0.0200. The molecule has 0 saturated heterocycles. The van der Waals surface area contributed by atoms with E-state index in [1.165, 1.54) is 25.7 Å². The second-order valence-corrected chi connectivity index (χ2v) is 6.33. The second-order valence-electron chi connectivity index (χ2n) is 5.05. The van der Waals surface area contributed by atoms with Crippen molar-refractivity contribution in [1.82, 2.24) is 4.98 Å². The van der Waals surface area contributed by atoms with E-state index in [1.807, 2.05) is 6.92 Å². The molecule has 1 aliphatic rings. The molecule has 0 unspecified atom stereocenters. The van der Waals surface area contributed by atoms with E-state index in [4.69, 9.17) is 10.8 Å². The van der Waals surface area contributed by atoms with Crippen molar-refractivity contribution in [2.24, 2.45) is 11.1 Å². The minimum Gasteiger partial charge on any atom is -0.389 e. The second kappa shape index (κ2) is 4.43. The quantitative estimate of drug-likeness (QED) is 0.853. The average molecular weight is 240 g/mol. The highest BCUT2D eigenvalue weighted by atomic mass is 32.1. The van der Waals surface area contributed by atoms with Crippen LogP contribution in [0.25, 0.3) is 0 Å². The van der Waals surface area contributed by atoms with E-state index >= 15 is 0 Å². The molecule has 0 radical (unpaired) electrons. The average Bonchev–Trinajstić information content (AvgIpc) is 2.85. The number of hydrogen-bond donors (Lipinski definition) is 2. The Morgan fingerprint density at radius 3 is 2.62 bits per heavy atom. The Balaban J connectivity index is 2.25. The zero-order valence-electron chi connectivity index (χ0n) is 9.99. The van der Waals surface area contributed by atoms with Crippen LogP contribution >= 0.6 is 11.3 Å². The van der Waals surface area contributed by atoms with Gasteiger partial charge in [0.15, 0.2) is 0 Å². The van der Waals surface area contributed by atoms with Gasteiger partial charge in [-0.05, 0) is 25.2 Å². The summed E-state index contributed by atoms with van der Waals surface area (Å²) in [5, 5.41) is 9.88. The van der Waals surface area contributed by atoms with Gasteiger partial charge in [-0.1, -0.05) is 19.8 Å². The number of rotatable bonds is 3. The zero-order chi connectivity index (χ0) is 11.8. The third-order valence-corrected chi connectivity index (χ3v) is 4.77. The summed E-state index contributed by atoms with van der Waals surface area (Å²) in [4.78, 5) is 5.62. The molecule has 0 amide bonds. The van der Waals surface area contributed by atoms with E-state index in [-0.39, 0.29) is 18.1 Å². The lowest BCUT2D eigenvalue weighted by molar-refractivity contribution is 0.258. The molecule has 3 nitrogen and oxygen atoms in total. The van der Waals surface area contributed by atoms with E-state index in [0.717, 1.165) is 15.6 Å². The van der Waals surface area contributed by atoms with Crippen LogP contribution in [0.1, 0.15) is 54.2 Å². The number of nitrogens with two attached hydrogens (primary N) is 1. The van der Waals surface area contributed by atoms with Crippen LogP contribution in [-0.2, 0) is 6.61 Å². The highest BCUT2D eigenvalue weighted by Gasteiger charge is 2.37. The Labute approximate surface area is 101 Å². The SMILES string of the molecule is Cc1sc(CO)nc1[C@H](N)C1(C)CCCC1. The number of thiazole rings is 1. The van der Waals surface area contributed by atoms with Crippen molar-refractivity contribution in [2.75, 3.05) is 0 Å². The predicted molar refractivity (Wildman–Crippen MR) is 66.3 cm³/mol. The Bertz CT molecular complexity index is 369. The fourth-order valence-corrected chi connectivity index (χ4v) is 3.48. The highest BCUT2D eigenvalue weighted by molar-refractivity contribution is 7.11. The monoisotopic (exact) mass is 240 g/mol. The Morgan fingerprint density at radius 2 is 2.12 bits per heavy atom. The van der Waals surface area contributed by atoms with E-state index in [9.17, 15) is 0 Å². The van der Waals surface area contributed by atoms with Crippen LogP contribution in [0.2, 0.25) is 0 Å². The fourth-order valence-electron chi connectivity index (χ4n) is 2.64. The molecule has 0 aromatic carbocycles. The maximum absolute atomic E-state index is 9.09. The van der Waals surface area contributed by atoms with Gasteiger partial charge >= 0.3 is 0 Å². The smallest absolute Gasteiger partial charge is 0.119 e. The predicted octanol–water partition coefficient (Wildman–Crippen LogP) is 2.52. The van der Waals surface area contributed by atoms with Gasteiger partial charge in [0, 0.05) is 4.88 Å². The topological polar surface area (TPSA) is 59.1 Å². The van der Waals surface area contributed by atoms with Crippen LogP contribution in [0, 0.1) is 12.3 Å². The van der Waals surface area contributed by atoms with Crippen molar-refractivity contribution >= 4 is 11.3 Å². The first-order valence-electron chi connectivity index (χ1n) is 5.89. The zero-order valence-corrected chi connectivity index (χ0v) is 10.8. The number of aromatic nitrogens is 1. The van der Waals surface area contributed by atoms with Gasteiger partial charge < -0.3 is 10.8 Å². The van der Waals surface area contributed by atoms with Crippen molar-refractivity contribution in [1.29, 1.82) is 0 Å². The lowest BCUT2D eigenvalue weighted by Crippen LogP contribution is -2.30. The van der Waals surface area contributed by atoms with Crippen molar-refractivity contribution in [3.63, 3.8) is 0 Å². The molecule has 1 aliphatic carbocycles. The largest absolute Gasteiger partial charge is 0.389 e. The van der Waals surface area contributed by atoms with Crippen molar-refractivity contribution in [3.8, 4) is 0 Å². The first-order valence-corrected chi connectivity index (χ1v) is 6.71. The first-order chi connectivity index (χ1) is 7.57. The number of aliphatic hydroxyl groups is 1. The van der Waals surface area contributed by atoms with Gasteiger partial charge in [-0.3, -0.25) is 0 Å². The molecule has 3 N–H and O–H groups in total. The molecule has 90 valence electrons.